The van der Waals surface area contributed by atoms with E-state index in [1.165, 1.54) is 6.07 Å². The van der Waals surface area contributed by atoms with Crippen molar-refractivity contribution in [3.63, 3.8) is 0 Å². The van der Waals surface area contributed by atoms with Crippen LogP contribution in [0.3, 0.4) is 0 Å². The summed E-state index contributed by atoms with van der Waals surface area (Å²) in [4.78, 5) is 2.01. The predicted molar refractivity (Wildman–Crippen MR) is 66.8 cm³/mol. The molecule has 1 aliphatic rings. The standard InChI is InChI=1S/C14H15F3N2/c1-10-3-2-6-19(9-10)13-5-4-12(14(15,16)17)7-11(13)8-18/h4-5,7,10H,2-3,6,9H2,1H3. The Hall–Kier alpha value is -1.70. The molecule has 0 amide bonds. The molecule has 1 atom stereocenters. The van der Waals surface area contributed by atoms with Gasteiger partial charge >= 0.3 is 6.18 Å². The lowest BCUT2D eigenvalue weighted by atomic mass is 9.98. The zero-order chi connectivity index (χ0) is 14.0. The number of nitriles is 1. The molecule has 1 aromatic carbocycles. The molecule has 1 aliphatic heterocycles. The summed E-state index contributed by atoms with van der Waals surface area (Å²) >= 11 is 0. The van der Waals surface area contributed by atoms with Gasteiger partial charge in [0.1, 0.15) is 6.07 Å². The van der Waals surface area contributed by atoms with E-state index in [-0.39, 0.29) is 5.56 Å². The van der Waals surface area contributed by atoms with Crippen molar-refractivity contribution in [2.45, 2.75) is 25.9 Å². The third-order valence-corrected chi connectivity index (χ3v) is 3.44. The zero-order valence-electron chi connectivity index (χ0n) is 10.7. The van der Waals surface area contributed by atoms with Gasteiger partial charge in [0.25, 0.3) is 0 Å². The van der Waals surface area contributed by atoms with Crippen LogP contribution in [-0.4, -0.2) is 13.1 Å². The summed E-state index contributed by atoms with van der Waals surface area (Å²) in [7, 11) is 0. The Balaban J connectivity index is 2.34. The third kappa shape index (κ3) is 3.01. The first kappa shape index (κ1) is 13.7. The fourth-order valence-electron chi connectivity index (χ4n) is 2.49. The number of piperidine rings is 1. The highest BCUT2D eigenvalue weighted by Crippen LogP contribution is 2.33. The number of anilines is 1. The molecule has 1 heterocycles. The molecule has 0 aromatic heterocycles. The minimum Gasteiger partial charge on any atom is -0.370 e. The van der Waals surface area contributed by atoms with Gasteiger partial charge in [-0.05, 0) is 37.0 Å². The zero-order valence-corrected chi connectivity index (χ0v) is 10.7. The Morgan fingerprint density at radius 3 is 2.68 bits per heavy atom. The lowest BCUT2D eigenvalue weighted by Crippen LogP contribution is -2.34. The minimum atomic E-state index is -4.40. The molecule has 0 spiro atoms. The summed E-state index contributed by atoms with van der Waals surface area (Å²) in [6, 6.07) is 5.28. The van der Waals surface area contributed by atoms with E-state index in [1.807, 2.05) is 11.0 Å². The van der Waals surface area contributed by atoms with Gasteiger partial charge < -0.3 is 4.90 Å². The topological polar surface area (TPSA) is 27.0 Å². The number of rotatable bonds is 1. The Morgan fingerprint density at radius 1 is 1.37 bits per heavy atom. The maximum atomic E-state index is 12.6. The van der Waals surface area contributed by atoms with Gasteiger partial charge in [-0.3, -0.25) is 0 Å². The Bertz CT molecular complexity index is 502. The van der Waals surface area contributed by atoms with Crippen LogP contribution in [-0.2, 0) is 6.18 Å². The van der Waals surface area contributed by atoms with Crippen molar-refractivity contribution >= 4 is 5.69 Å². The van der Waals surface area contributed by atoms with E-state index in [9.17, 15) is 13.2 Å². The van der Waals surface area contributed by atoms with Gasteiger partial charge in [0.15, 0.2) is 0 Å². The van der Waals surface area contributed by atoms with E-state index < -0.39 is 11.7 Å². The Kier molecular flexibility index (Phi) is 3.70. The van der Waals surface area contributed by atoms with Crippen molar-refractivity contribution in [2.75, 3.05) is 18.0 Å². The molecule has 102 valence electrons. The Morgan fingerprint density at radius 2 is 2.11 bits per heavy atom. The lowest BCUT2D eigenvalue weighted by Gasteiger charge is -2.33. The monoisotopic (exact) mass is 268 g/mol. The van der Waals surface area contributed by atoms with Crippen LogP contribution in [0, 0.1) is 17.2 Å². The molecular formula is C14H15F3N2. The van der Waals surface area contributed by atoms with Crippen LogP contribution >= 0.6 is 0 Å². The SMILES string of the molecule is CC1CCCN(c2ccc(C(F)(F)F)cc2C#N)C1. The smallest absolute Gasteiger partial charge is 0.370 e. The summed E-state index contributed by atoms with van der Waals surface area (Å²) in [5.74, 6) is 0.502. The van der Waals surface area contributed by atoms with Crippen LogP contribution < -0.4 is 4.90 Å². The normalized spacial score (nSPS) is 20.2. The number of nitrogens with zero attached hydrogens (tertiary/aromatic N) is 2. The molecule has 1 unspecified atom stereocenters. The molecule has 1 fully saturated rings. The molecule has 0 radical (unpaired) electrons. The number of benzene rings is 1. The Labute approximate surface area is 110 Å². The minimum absolute atomic E-state index is 0.101. The second-order valence-corrected chi connectivity index (χ2v) is 5.03. The van der Waals surface area contributed by atoms with Crippen LogP contribution in [0.2, 0.25) is 0 Å². The van der Waals surface area contributed by atoms with Crippen molar-refractivity contribution in [1.29, 1.82) is 5.26 Å². The molecule has 0 bridgehead atoms. The quantitative estimate of drug-likeness (QED) is 0.774. The van der Waals surface area contributed by atoms with Crippen molar-refractivity contribution in [2.24, 2.45) is 5.92 Å². The summed E-state index contributed by atoms with van der Waals surface area (Å²) in [5, 5.41) is 9.06. The number of hydrogen-bond acceptors (Lipinski definition) is 2. The fourth-order valence-corrected chi connectivity index (χ4v) is 2.49. The first-order chi connectivity index (χ1) is 8.91. The van der Waals surface area contributed by atoms with E-state index in [0.717, 1.165) is 38.1 Å². The maximum Gasteiger partial charge on any atom is 0.416 e. The molecule has 0 N–H and O–H groups in total. The second-order valence-electron chi connectivity index (χ2n) is 5.03. The van der Waals surface area contributed by atoms with Gasteiger partial charge in [-0.25, -0.2) is 0 Å². The number of alkyl halides is 3. The first-order valence-electron chi connectivity index (χ1n) is 6.28. The molecule has 2 nitrogen and oxygen atoms in total. The lowest BCUT2D eigenvalue weighted by molar-refractivity contribution is -0.137. The van der Waals surface area contributed by atoms with Crippen molar-refractivity contribution in [3.8, 4) is 6.07 Å². The average molecular weight is 268 g/mol. The highest BCUT2D eigenvalue weighted by Gasteiger charge is 2.31. The van der Waals surface area contributed by atoms with Crippen LogP contribution in [0.25, 0.3) is 0 Å². The summed E-state index contributed by atoms with van der Waals surface area (Å²) < 4.78 is 37.9. The fraction of sp³-hybridized carbons (Fsp3) is 0.500. The highest BCUT2D eigenvalue weighted by molar-refractivity contribution is 5.61. The predicted octanol–water partition coefficient (Wildman–Crippen LogP) is 3.81. The molecule has 1 aromatic rings. The molecular weight excluding hydrogens is 253 g/mol. The van der Waals surface area contributed by atoms with Gasteiger partial charge in [0, 0.05) is 13.1 Å². The highest BCUT2D eigenvalue weighted by atomic mass is 19.4. The average Bonchev–Trinajstić information content (AvgIpc) is 2.37. The molecule has 0 aliphatic carbocycles. The van der Waals surface area contributed by atoms with E-state index in [0.29, 0.717) is 11.6 Å². The molecule has 1 saturated heterocycles. The number of halogens is 3. The van der Waals surface area contributed by atoms with Gasteiger partial charge in [0.05, 0.1) is 16.8 Å². The number of hydrogen-bond donors (Lipinski definition) is 0. The van der Waals surface area contributed by atoms with E-state index in [4.69, 9.17) is 5.26 Å². The van der Waals surface area contributed by atoms with Crippen molar-refractivity contribution in [1.82, 2.24) is 0 Å². The van der Waals surface area contributed by atoms with E-state index >= 15 is 0 Å². The van der Waals surface area contributed by atoms with Crippen LogP contribution in [0.15, 0.2) is 18.2 Å². The molecule has 19 heavy (non-hydrogen) atoms. The molecule has 0 saturated carbocycles. The van der Waals surface area contributed by atoms with E-state index in [1.54, 1.807) is 0 Å². The maximum absolute atomic E-state index is 12.6. The van der Waals surface area contributed by atoms with Crippen LogP contribution in [0.5, 0.6) is 0 Å². The van der Waals surface area contributed by atoms with Crippen LogP contribution in [0.1, 0.15) is 30.9 Å². The van der Waals surface area contributed by atoms with Crippen molar-refractivity contribution < 1.29 is 13.2 Å². The van der Waals surface area contributed by atoms with Gasteiger partial charge in [-0.2, -0.15) is 18.4 Å². The summed E-state index contributed by atoms with van der Waals surface area (Å²) in [6.45, 7) is 3.70. The van der Waals surface area contributed by atoms with Gasteiger partial charge in [0.2, 0.25) is 0 Å². The first-order valence-corrected chi connectivity index (χ1v) is 6.28. The largest absolute Gasteiger partial charge is 0.416 e. The van der Waals surface area contributed by atoms with Crippen molar-refractivity contribution in [3.05, 3.63) is 29.3 Å². The second kappa shape index (κ2) is 5.12. The van der Waals surface area contributed by atoms with Crippen LogP contribution in [0.4, 0.5) is 18.9 Å². The third-order valence-electron chi connectivity index (χ3n) is 3.44. The summed E-state index contributed by atoms with van der Waals surface area (Å²) in [5.41, 5.74) is -0.0520. The summed E-state index contributed by atoms with van der Waals surface area (Å²) in [6.07, 6.45) is -2.27. The molecule has 5 heteroatoms. The van der Waals surface area contributed by atoms with E-state index in [2.05, 4.69) is 6.92 Å². The molecule has 2 rings (SSSR count). The van der Waals surface area contributed by atoms with Gasteiger partial charge in [-0.15, -0.1) is 0 Å². The van der Waals surface area contributed by atoms with Gasteiger partial charge in [-0.1, -0.05) is 6.92 Å².